The summed E-state index contributed by atoms with van der Waals surface area (Å²) in [5.74, 6) is -0.712. The molecule has 2 amide bonds. The average Bonchev–Trinajstić information content (AvgIpc) is 2.85. The van der Waals surface area contributed by atoms with E-state index in [1.165, 1.54) is 9.80 Å². The second-order valence-electron chi connectivity index (χ2n) is 5.16. The van der Waals surface area contributed by atoms with Crippen LogP contribution in [0, 0.1) is 0 Å². The van der Waals surface area contributed by atoms with Crippen LogP contribution in [-0.4, -0.2) is 60.4 Å². The second-order valence-corrected chi connectivity index (χ2v) is 5.16. The summed E-state index contributed by atoms with van der Waals surface area (Å²) in [5.41, 5.74) is 0.525. The van der Waals surface area contributed by atoms with Crippen LogP contribution < -0.4 is 0 Å². The number of ether oxygens (including phenoxy) is 1. The zero-order valence-corrected chi connectivity index (χ0v) is 12.8. The summed E-state index contributed by atoms with van der Waals surface area (Å²) in [7, 11) is 1.67. The van der Waals surface area contributed by atoms with Crippen molar-refractivity contribution < 1.29 is 19.1 Å². The molecule has 1 atom stereocenters. The molecule has 1 aromatic rings. The Morgan fingerprint density at radius 3 is 2.45 bits per heavy atom. The van der Waals surface area contributed by atoms with Gasteiger partial charge in [-0.1, -0.05) is 30.3 Å². The quantitative estimate of drug-likeness (QED) is 0.591. The number of esters is 1. The number of hydrogen-bond donors (Lipinski definition) is 0. The fourth-order valence-corrected chi connectivity index (χ4v) is 2.43. The molecule has 1 aromatic carbocycles. The van der Waals surface area contributed by atoms with Crippen LogP contribution in [0.15, 0.2) is 30.3 Å². The Kier molecular flexibility index (Phi) is 5.14. The number of rotatable bonds is 6. The third kappa shape index (κ3) is 3.44. The number of likely N-dealkylation sites (N-methyl/N-ethyl adjacent to an activating group) is 1. The van der Waals surface area contributed by atoms with Crippen LogP contribution in [-0.2, 0) is 9.53 Å². The van der Waals surface area contributed by atoms with E-state index in [9.17, 15) is 14.4 Å². The lowest BCUT2D eigenvalue weighted by Gasteiger charge is -2.25. The monoisotopic (exact) mass is 304 g/mol. The summed E-state index contributed by atoms with van der Waals surface area (Å²) in [6.07, 6.45) is -0.0670. The summed E-state index contributed by atoms with van der Waals surface area (Å²) >= 11 is 0. The highest BCUT2D eigenvalue weighted by molar-refractivity contribution is 5.99. The maximum absolute atomic E-state index is 12.3. The second kappa shape index (κ2) is 7.06. The molecule has 0 aliphatic carbocycles. The fraction of sp³-hybridized carbons (Fsp3) is 0.438. The van der Waals surface area contributed by atoms with Gasteiger partial charge in [0.2, 0.25) is 0 Å². The van der Waals surface area contributed by atoms with Crippen LogP contribution in [0.25, 0.3) is 0 Å². The van der Waals surface area contributed by atoms with Crippen molar-refractivity contribution in [2.24, 2.45) is 0 Å². The summed E-state index contributed by atoms with van der Waals surface area (Å²) in [6.45, 7) is 2.87. The number of amides is 2. The smallest absolute Gasteiger partial charge is 0.329 e. The van der Waals surface area contributed by atoms with E-state index in [0.29, 0.717) is 18.7 Å². The molecule has 6 heteroatoms. The van der Waals surface area contributed by atoms with E-state index in [4.69, 9.17) is 4.74 Å². The van der Waals surface area contributed by atoms with Crippen molar-refractivity contribution in [1.29, 1.82) is 0 Å². The lowest BCUT2D eigenvalue weighted by molar-refractivity contribution is -0.148. The Balaban J connectivity index is 2.16. The molecule has 0 spiro atoms. The molecule has 0 radical (unpaired) electrons. The molecule has 0 saturated carbocycles. The van der Waals surface area contributed by atoms with Crippen molar-refractivity contribution in [3.63, 3.8) is 0 Å². The van der Waals surface area contributed by atoms with Crippen molar-refractivity contribution in [3.05, 3.63) is 35.9 Å². The van der Waals surface area contributed by atoms with Crippen LogP contribution in [0.5, 0.6) is 0 Å². The van der Waals surface area contributed by atoms with Crippen molar-refractivity contribution in [3.8, 4) is 0 Å². The van der Waals surface area contributed by atoms with E-state index in [1.807, 2.05) is 6.07 Å². The van der Waals surface area contributed by atoms with Crippen LogP contribution in [0.4, 0.5) is 4.79 Å². The Bertz CT molecular complexity index is 559. The first-order valence-electron chi connectivity index (χ1n) is 7.31. The molecule has 1 heterocycles. The first kappa shape index (κ1) is 16.0. The van der Waals surface area contributed by atoms with Gasteiger partial charge in [0.1, 0.15) is 6.04 Å². The zero-order valence-electron chi connectivity index (χ0n) is 12.8. The molecule has 1 saturated heterocycles. The zero-order chi connectivity index (χ0) is 16.1. The van der Waals surface area contributed by atoms with Gasteiger partial charge < -0.3 is 14.5 Å². The molecule has 2 rings (SSSR count). The molecule has 0 bridgehead atoms. The third-order valence-electron chi connectivity index (χ3n) is 3.66. The number of carbonyl (C=O) groups excluding carboxylic acids is 3. The molecule has 118 valence electrons. The highest BCUT2D eigenvalue weighted by atomic mass is 16.5. The van der Waals surface area contributed by atoms with E-state index in [1.54, 1.807) is 38.2 Å². The van der Waals surface area contributed by atoms with Gasteiger partial charge in [-0.2, -0.15) is 0 Å². The molecule has 1 aliphatic heterocycles. The first-order valence-corrected chi connectivity index (χ1v) is 7.31. The summed E-state index contributed by atoms with van der Waals surface area (Å²) in [6, 6.07) is 7.62. The highest BCUT2D eigenvalue weighted by Gasteiger charge is 2.37. The van der Waals surface area contributed by atoms with E-state index in [-0.39, 0.29) is 24.8 Å². The molecule has 1 aliphatic rings. The Labute approximate surface area is 129 Å². The van der Waals surface area contributed by atoms with Gasteiger partial charge in [-0.25, -0.2) is 9.59 Å². The van der Waals surface area contributed by atoms with E-state index >= 15 is 0 Å². The summed E-state index contributed by atoms with van der Waals surface area (Å²) in [4.78, 5) is 39.6. The van der Waals surface area contributed by atoms with Gasteiger partial charge in [0.25, 0.3) is 0 Å². The SMILES string of the molecule is CCOC(=O)C(CC(=O)c1ccccc1)N1CCN(C)C1=O. The fourth-order valence-electron chi connectivity index (χ4n) is 2.43. The van der Waals surface area contributed by atoms with Crippen LogP contribution in [0.2, 0.25) is 0 Å². The third-order valence-corrected chi connectivity index (χ3v) is 3.66. The van der Waals surface area contributed by atoms with Crippen LogP contribution >= 0.6 is 0 Å². The normalized spacial score (nSPS) is 15.8. The number of urea groups is 1. The number of ketones is 1. The topological polar surface area (TPSA) is 66.9 Å². The molecule has 22 heavy (non-hydrogen) atoms. The molecule has 1 fully saturated rings. The molecule has 6 nitrogen and oxygen atoms in total. The Morgan fingerprint density at radius 2 is 1.91 bits per heavy atom. The van der Waals surface area contributed by atoms with Gasteiger partial charge in [-0.3, -0.25) is 4.79 Å². The Morgan fingerprint density at radius 1 is 1.23 bits per heavy atom. The minimum atomic E-state index is -0.870. The standard InChI is InChI=1S/C16H20N2O4/c1-3-22-15(20)13(18-10-9-17(2)16(18)21)11-14(19)12-7-5-4-6-8-12/h4-8,13H,3,9-11H2,1-2H3. The molecular formula is C16H20N2O4. The predicted octanol–water partition coefficient (Wildman–Crippen LogP) is 1.56. The van der Waals surface area contributed by atoms with Gasteiger partial charge in [0.05, 0.1) is 6.61 Å². The van der Waals surface area contributed by atoms with Gasteiger partial charge in [-0.05, 0) is 6.92 Å². The molecular weight excluding hydrogens is 284 g/mol. The van der Waals surface area contributed by atoms with Gasteiger partial charge in [0.15, 0.2) is 5.78 Å². The van der Waals surface area contributed by atoms with E-state index in [2.05, 4.69) is 0 Å². The lowest BCUT2D eigenvalue weighted by Crippen LogP contribution is -2.45. The first-order chi connectivity index (χ1) is 10.5. The minimum absolute atomic E-state index is 0.0670. The maximum atomic E-state index is 12.3. The molecule has 0 N–H and O–H groups in total. The average molecular weight is 304 g/mol. The number of benzene rings is 1. The Hall–Kier alpha value is -2.37. The summed E-state index contributed by atoms with van der Waals surface area (Å²) in [5, 5.41) is 0. The van der Waals surface area contributed by atoms with Gasteiger partial charge in [-0.15, -0.1) is 0 Å². The number of carbonyl (C=O) groups is 3. The highest BCUT2D eigenvalue weighted by Crippen LogP contribution is 2.17. The number of hydrogen-bond acceptors (Lipinski definition) is 4. The summed E-state index contributed by atoms with van der Waals surface area (Å²) < 4.78 is 5.03. The molecule has 1 unspecified atom stereocenters. The predicted molar refractivity (Wildman–Crippen MR) is 80.5 cm³/mol. The van der Waals surface area contributed by atoms with Gasteiger partial charge in [0, 0.05) is 32.1 Å². The van der Waals surface area contributed by atoms with E-state index < -0.39 is 12.0 Å². The van der Waals surface area contributed by atoms with Crippen molar-refractivity contribution in [2.45, 2.75) is 19.4 Å². The van der Waals surface area contributed by atoms with Crippen molar-refractivity contribution >= 4 is 17.8 Å². The number of nitrogens with zero attached hydrogens (tertiary/aromatic N) is 2. The lowest BCUT2D eigenvalue weighted by atomic mass is 10.0. The van der Waals surface area contributed by atoms with Crippen molar-refractivity contribution in [2.75, 3.05) is 26.7 Å². The van der Waals surface area contributed by atoms with Crippen LogP contribution in [0.3, 0.4) is 0 Å². The molecule has 0 aromatic heterocycles. The minimum Gasteiger partial charge on any atom is -0.464 e. The number of Topliss-reactive ketones (excluding diaryl/α,β-unsaturated/α-hetero) is 1. The maximum Gasteiger partial charge on any atom is 0.329 e. The largest absolute Gasteiger partial charge is 0.464 e. The van der Waals surface area contributed by atoms with Crippen LogP contribution in [0.1, 0.15) is 23.7 Å². The van der Waals surface area contributed by atoms with E-state index in [0.717, 1.165) is 0 Å². The van der Waals surface area contributed by atoms with Crippen molar-refractivity contribution in [1.82, 2.24) is 9.80 Å². The van der Waals surface area contributed by atoms with Gasteiger partial charge >= 0.3 is 12.0 Å².